The molecule has 1 aromatic heterocycles. The van der Waals surface area contributed by atoms with Crippen molar-refractivity contribution in [3.8, 4) is 5.75 Å². The fourth-order valence-corrected chi connectivity index (χ4v) is 4.64. The van der Waals surface area contributed by atoms with Gasteiger partial charge in [-0.3, -0.25) is 4.79 Å². The summed E-state index contributed by atoms with van der Waals surface area (Å²) in [5.74, 6) is -0.0404. The highest BCUT2D eigenvalue weighted by molar-refractivity contribution is 7.19. The third-order valence-electron chi connectivity index (χ3n) is 5.09. The molecule has 0 aliphatic carbocycles. The molecule has 0 bridgehead atoms. The third-order valence-corrected chi connectivity index (χ3v) is 6.41. The lowest BCUT2D eigenvalue weighted by Gasteiger charge is -2.10. The van der Waals surface area contributed by atoms with E-state index in [0.29, 0.717) is 22.4 Å². The van der Waals surface area contributed by atoms with Crippen LogP contribution in [0.25, 0.3) is 10.1 Å². The quantitative estimate of drug-likeness (QED) is 0.290. The summed E-state index contributed by atoms with van der Waals surface area (Å²) in [5.41, 5.74) is 1.47. The SMILES string of the molecule is CCOC(=O)COc1ccc(C(=O)CCc2sc3cc(C(F)(F)F)ccc3c2C)cc1C. The minimum absolute atomic E-state index is 0.0714. The van der Waals surface area contributed by atoms with Crippen LogP contribution in [0.4, 0.5) is 13.2 Å². The van der Waals surface area contributed by atoms with Crippen LogP contribution < -0.4 is 4.74 Å². The van der Waals surface area contributed by atoms with Crippen molar-refractivity contribution >= 4 is 33.2 Å². The zero-order chi connectivity index (χ0) is 23.5. The van der Waals surface area contributed by atoms with Crippen molar-refractivity contribution in [3.05, 3.63) is 63.5 Å². The zero-order valence-corrected chi connectivity index (χ0v) is 18.8. The molecule has 0 saturated heterocycles. The van der Waals surface area contributed by atoms with Crippen molar-refractivity contribution in [2.75, 3.05) is 13.2 Å². The van der Waals surface area contributed by atoms with E-state index in [1.807, 2.05) is 6.92 Å². The first kappa shape index (κ1) is 23.8. The molecule has 1 heterocycles. The van der Waals surface area contributed by atoms with E-state index in [4.69, 9.17) is 9.47 Å². The van der Waals surface area contributed by atoms with Crippen molar-refractivity contribution in [2.45, 2.75) is 39.8 Å². The number of esters is 1. The van der Waals surface area contributed by atoms with Gasteiger partial charge in [-0.25, -0.2) is 4.79 Å². The molecule has 170 valence electrons. The first-order chi connectivity index (χ1) is 15.1. The van der Waals surface area contributed by atoms with E-state index < -0.39 is 17.7 Å². The van der Waals surface area contributed by atoms with E-state index >= 15 is 0 Å². The molecule has 4 nitrogen and oxygen atoms in total. The van der Waals surface area contributed by atoms with Crippen LogP contribution in [0.5, 0.6) is 5.75 Å². The molecule has 0 saturated carbocycles. The molecular weight excluding hydrogens is 441 g/mol. The monoisotopic (exact) mass is 464 g/mol. The Labute approximate surface area is 188 Å². The van der Waals surface area contributed by atoms with Crippen molar-refractivity contribution in [1.29, 1.82) is 0 Å². The number of Topliss-reactive ketones (excluding diaryl/α,β-unsaturated/α-hetero) is 1. The smallest absolute Gasteiger partial charge is 0.416 e. The number of hydrogen-bond donors (Lipinski definition) is 0. The Morgan fingerprint density at radius 2 is 1.81 bits per heavy atom. The summed E-state index contributed by atoms with van der Waals surface area (Å²) in [6.07, 6.45) is -3.69. The van der Waals surface area contributed by atoms with Gasteiger partial charge in [-0.05, 0) is 74.0 Å². The maximum Gasteiger partial charge on any atom is 0.416 e. The lowest BCUT2D eigenvalue weighted by Crippen LogP contribution is -2.15. The Bertz CT molecular complexity index is 1150. The Balaban J connectivity index is 1.67. The molecule has 0 radical (unpaired) electrons. The number of alkyl halides is 3. The summed E-state index contributed by atoms with van der Waals surface area (Å²) in [6.45, 7) is 5.43. The van der Waals surface area contributed by atoms with Crippen LogP contribution in [0.3, 0.4) is 0 Å². The van der Waals surface area contributed by atoms with Crippen LogP contribution in [0.15, 0.2) is 36.4 Å². The number of ketones is 1. The lowest BCUT2D eigenvalue weighted by atomic mass is 10.0. The molecule has 0 aliphatic heterocycles. The number of carbonyl (C=O) groups excluding carboxylic acids is 2. The molecule has 0 amide bonds. The fraction of sp³-hybridized carbons (Fsp3) is 0.333. The maximum absolute atomic E-state index is 13.0. The highest BCUT2D eigenvalue weighted by atomic mass is 32.1. The fourth-order valence-electron chi connectivity index (χ4n) is 3.39. The molecule has 32 heavy (non-hydrogen) atoms. The second-order valence-electron chi connectivity index (χ2n) is 7.36. The Kier molecular flexibility index (Phi) is 7.23. The van der Waals surface area contributed by atoms with Crippen molar-refractivity contribution < 1.29 is 32.2 Å². The number of halogens is 3. The largest absolute Gasteiger partial charge is 0.482 e. The standard InChI is InChI=1S/C24H23F3O4S/c1-4-30-23(29)13-31-20-9-5-16(11-14(20)2)19(28)8-10-21-15(3)18-7-6-17(24(25,26)27)12-22(18)32-21/h5-7,9,11-12H,4,8,10,13H2,1-3H3. The van der Waals surface area contributed by atoms with Gasteiger partial charge in [-0.1, -0.05) is 6.07 Å². The molecule has 8 heteroatoms. The zero-order valence-electron chi connectivity index (χ0n) is 18.0. The second kappa shape index (κ2) is 9.73. The van der Waals surface area contributed by atoms with E-state index in [9.17, 15) is 22.8 Å². The van der Waals surface area contributed by atoms with Crippen LogP contribution >= 0.6 is 11.3 Å². The molecule has 0 aliphatic rings. The predicted octanol–water partition coefficient (Wildman–Crippen LogP) is 6.29. The molecule has 2 aromatic carbocycles. The van der Waals surface area contributed by atoms with E-state index in [0.717, 1.165) is 33.5 Å². The van der Waals surface area contributed by atoms with Gasteiger partial charge < -0.3 is 9.47 Å². The first-order valence-corrected chi connectivity index (χ1v) is 10.9. The Morgan fingerprint density at radius 3 is 2.47 bits per heavy atom. The first-order valence-electron chi connectivity index (χ1n) is 10.1. The van der Waals surface area contributed by atoms with Gasteiger partial charge in [0, 0.05) is 21.6 Å². The number of hydrogen-bond acceptors (Lipinski definition) is 5. The van der Waals surface area contributed by atoms with Crippen LogP contribution in [-0.4, -0.2) is 25.0 Å². The van der Waals surface area contributed by atoms with Gasteiger partial charge in [0.25, 0.3) is 0 Å². The molecule has 0 N–H and O–H groups in total. The van der Waals surface area contributed by atoms with Gasteiger partial charge in [0.1, 0.15) is 5.75 Å². The molecule has 0 fully saturated rings. The summed E-state index contributed by atoms with van der Waals surface area (Å²) in [4.78, 5) is 25.0. The van der Waals surface area contributed by atoms with E-state index in [1.165, 1.54) is 17.4 Å². The average Bonchev–Trinajstić information content (AvgIpc) is 3.05. The number of rotatable bonds is 8. The molecule has 3 rings (SSSR count). The number of benzene rings is 2. The van der Waals surface area contributed by atoms with Gasteiger partial charge in [-0.15, -0.1) is 11.3 Å². The minimum atomic E-state index is -4.38. The summed E-state index contributed by atoms with van der Waals surface area (Å²) in [6, 6.07) is 8.74. The number of thiophene rings is 1. The highest BCUT2D eigenvalue weighted by Gasteiger charge is 2.30. The van der Waals surface area contributed by atoms with Gasteiger partial charge >= 0.3 is 12.1 Å². The number of aryl methyl sites for hydroxylation is 3. The van der Waals surface area contributed by atoms with Gasteiger partial charge in [0.05, 0.1) is 12.2 Å². The average molecular weight is 465 g/mol. The van der Waals surface area contributed by atoms with Crippen LogP contribution in [-0.2, 0) is 22.1 Å². The molecule has 0 spiro atoms. The Morgan fingerprint density at radius 1 is 1.06 bits per heavy atom. The van der Waals surface area contributed by atoms with Crippen LogP contribution in [0, 0.1) is 13.8 Å². The number of ether oxygens (including phenoxy) is 2. The molecule has 0 atom stereocenters. The normalized spacial score (nSPS) is 11.6. The van der Waals surface area contributed by atoms with E-state index in [2.05, 4.69) is 0 Å². The van der Waals surface area contributed by atoms with Crippen LogP contribution in [0.2, 0.25) is 0 Å². The number of fused-ring (bicyclic) bond motifs is 1. The third kappa shape index (κ3) is 5.48. The summed E-state index contributed by atoms with van der Waals surface area (Å²) in [7, 11) is 0. The second-order valence-corrected chi connectivity index (χ2v) is 8.49. The van der Waals surface area contributed by atoms with Gasteiger partial charge in [-0.2, -0.15) is 13.2 Å². The van der Waals surface area contributed by atoms with E-state index in [-0.39, 0.29) is 25.4 Å². The number of carbonyl (C=O) groups is 2. The Hall–Kier alpha value is -2.87. The molecular formula is C24H23F3O4S. The summed E-state index contributed by atoms with van der Waals surface area (Å²) < 4.78 is 49.8. The molecule has 3 aromatic rings. The van der Waals surface area contributed by atoms with Crippen molar-refractivity contribution in [2.24, 2.45) is 0 Å². The topological polar surface area (TPSA) is 52.6 Å². The van der Waals surface area contributed by atoms with Crippen molar-refractivity contribution in [1.82, 2.24) is 0 Å². The summed E-state index contributed by atoms with van der Waals surface area (Å²) in [5, 5.41) is 0.782. The van der Waals surface area contributed by atoms with E-state index in [1.54, 1.807) is 32.0 Å². The molecule has 0 unspecified atom stereocenters. The van der Waals surface area contributed by atoms with Crippen molar-refractivity contribution in [3.63, 3.8) is 0 Å². The predicted molar refractivity (Wildman–Crippen MR) is 118 cm³/mol. The minimum Gasteiger partial charge on any atom is -0.482 e. The van der Waals surface area contributed by atoms with Gasteiger partial charge in [0.15, 0.2) is 12.4 Å². The highest BCUT2D eigenvalue weighted by Crippen LogP contribution is 2.37. The van der Waals surface area contributed by atoms with Gasteiger partial charge in [0.2, 0.25) is 0 Å². The lowest BCUT2D eigenvalue weighted by molar-refractivity contribution is -0.145. The maximum atomic E-state index is 13.0. The van der Waals surface area contributed by atoms with Crippen LogP contribution in [0.1, 0.15) is 45.3 Å². The summed E-state index contributed by atoms with van der Waals surface area (Å²) >= 11 is 1.29.